The zero-order valence-electron chi connectivity index (χ0n) is 6.34. The van der Waals surface area contributed by atoms with Crippen molar-refractivity contribution in [3.63, 3.8) is 0 Å². The van der Waals surface area contributed by atoms with Crippen LogP contribution >= 0.6 is 0 Å². The Labute approximate surface area is 62.9 Å². The Bertz CT molecular complexity index is 161. The Balaban J connectivity index is 2.48. The van der Waals surface area contributed by atoms with Gasteiger partial charge in [0.05, 0.1) is 0 Å². The zero-order valence-corrected chi connectivity index (χ0v) is 6.34. The maximum absolute atomic E-state index is 3.94. The molecule has 0 saturated carbocycles. The Morgan fingerprint density at radius 3 is 3.00 bits per heavy atom. The molecule has 0 amide bonds. The van der Waals surface area contributed by atoms with Crippen molar-refractivity contribution in [3.05, 3.63) is 36.5 Å². The zero-order chi connectivity index (χ0) is 7.23. The summed E-state index contributed by atoms with van der Waals surface area (Å²) in [6.07, 6.45) is 13.5. The van der Waals surface area contributed by atoms with Crippen molar-refractivity contribution >= 4 is 0 Å². The van der Waals surface area contributed by atoms with Crippen LogP contribution < -0.4 is 0 Å². The van der Waals surface area contributed by atoms with Crippen molar-refractivity contribution in [2.24, 2.45) is 0 Å². The average Bonchev–Trinajstić information content (AvgIpc) is 2.02. The molecule has 0 heterocycles. The van der Waals surface area contributed by atoms with Gasteiger partial charge in [-0.2, -0.15) is 0 Å². The van der Waals surface area contributed by atoms with Crippen LogP contribution in [0, 0.1) is 0 Å². The highest BCUT2D eigenvalue weighted by molar-refractivity contribution is 5.19. The van der Waals surface area contributed by atoms with Crippen LogP contribution in [0.25, 0.3) is 0 Å². The molecule has 10 heavy (non-hydrogen) atoms. The molecule has 0 atom stereocenters. The summed E-state index contributed by atoms with van der Waals surface area (Å²) in [5.74, 6) is 0. The fourth-order valence-electron chi connectivity index (χ4n) is 1.06. The minimum Gasteiger partial charge on any atom is -0.0958 e. The monoisotopic (exact) mass is 134 g/mol. The van der Waals surface area contributed by atoms with Crippen molar-refractivity contribution in [2.75, 3.05) is 0 Å². The molecule has 54 valence electrons. The molecule has 0 N–H and O–H groups in total. The maximum atomic E-state index is 3.94. The molecule has 0 bridgehead atoms. The number of hydrogen-bond acceptors (Lipinski definition) is 0. The van der Waals surface area contributed by atoms with Gasteiger partial charge in [0.1, 0.15) is 0 Å². The smallest absolute Gasteiger partial charge is 0.0285 e. The van der Waals surface area contributed by atoms with Gasteiger partial charge in [0.2, 0.25) is 0 Å². The van der Waals surface area contributed by atoms with Gasteiger partial charge in [-0.1, -0.05) is 36.5 Å². The highest BCUT2D eigenvalue weighted by Gasteiger charge is 1.90. The Morgan fingerprint density at radius 2 is 2.10 bits per heavy atom. The largest absolute Gasteiger partial charge is 0.0958 e. The second kappa shape index (κ2) is 4.10. The van der Waals surface area contributed by atoms with E-state index in [1.165, 1.54) is 24.8 Å². The van der Waals surface area contributed by atoms with Crippen LogP contribution in [0.4, 0.5) is 0 Å². The molecule has 1 aliphatic rings. The lowest BCUT2D eigenvalue weighted by Crippen LogP contribution is -1.76. The quantitative estimate of drug-likeness (QED) is 0.477. The average molecular weight is 134 g/mol. The lowest BCUT2D eigenvalue weighted by Gasteiger charge is -1.95. The molecule has 0 unspecified atom stereocenters. The van der Waals surface area contributed by atoms with Gasteiger partial charge >= 0.3 is 0 Å². The lowest BCUT2D eigenvalue weighted by atomic mass is 10.1. The van der Waals surface area contributed by atoms with Gasteiger partial charge < -0.3 is 0 Å². The van der Waals surface area contributed by atoms with Gasteiger partial charge in [-0.15, -0.1) is 0 Å². The number of hydrogen-bond donors (Lipinski definition) is 0. The molecule has 0 saturated heterocycles. The Hall–Kier alpha value is -0.780. The van der Waals surface area contributed by atoms with E-state index < -0.39 is 0 Å². The predicted molar refractivity (Wildman–Crippen MR) is 45.9 cm³/mol. The summed E-state index contributed by atoms with van der Waals surface area (Å²) in [6.45, 7) is 3.94. The Kier molecular flexibility index (Phi) is 3.01. The third-order valence-electron chi connectivity index (χ3n) is 1.70. The molecule has 0 aromatic rings. The van der Waals surface area contributed by atoms with Crippen LogP contribution in [0.1, 0.15) is 25.7 Å². The first-order chi connectivity index (χ1) is 4.89. The van der Waals surface area contributed by atoms with E-state index in [4.69, 9.17) is 0 Å². The second-order valence-corrected chi connectivity index (χ2v) is 2.69. The van der Waals surface area contributed by atoms with Crippen molar-refractivity contribution in [1.29, 1.82) is 0 Å². The first kappa shape index (κ1) is 7.33. The third kappa shape index (κ3) is 2.67. The summed E-state index contributed by atoms with van der Waals surface area (Å²) < 4.78 is 0. The van der Waals surface area contributed by atoms with Crippen LogP contribution in [0.15, 0.2) is 36.5 Å². The van der Waals surface area contributed by atoms with Gasteiger partial charge in [0.25, 0.3) is 0 Å². The summed E-state index contributed by atoms with van der Waals surface area (Å²) in [5, 5.41) is 0. The first-order valence-electron chi connectivity index (χ1n) is 3.90. The summed E-state index contributed by atoms with van der Waals surface area (Å²) in [7, 11) is 0. The van der Waals surface area contributed by atoms with E-state index in [2.05, 4.69) is 30.9 Å². The van der Waals surface area contributed by atoms with Crippen LogP contribution in [0.2, 0.25) is 0 Å². The third-order valence-corrected chi connectivity index (χ3v) is 1.70. The maximum Gasteiger partial charge on any atom is -0.0285 e. The minimum absolute atomic E-state index is 1.16. The lowest BCUT2D eigenvalue weighted by molar-refractivity contribution is 0.753. The summed E-state index contributed by atoms with van der Waals surface area (Å²) in [5.41, 5.74) is 1.26. The van der Waals surface area contributed by atoms with Gasteiger partial charge in [-0.05, 0) is 25.7 Å². The van der Waals surface area contributed by atoms with Crippen LogP contribution in [-0.4, -0.2) is 0 Å². The van der Waals surface area contributed by atoms with Crippen LogP contribution in [0.3, 0.4) is 0 Å². The van der Waals surface area contributed by atoms with E-state index >= 15 is 0 Å². The second-order valence-electron chi connectivity index (χ2n) is 2.69. The highest BCUT2D eigenvalue weighted by Crippen LogP contribution is 2.10. The van der Waals surface area contributed by atoms with E-state index in [-0.39, 0.29) is 0 Å². The normalized spacial score (nSPS) is 26.2. The minimum atomic E-state index is 1.16. The van der Waals surface area contributed by atoms with E-state index in [1.807, 2.05) is 0 Å². The molecule has 0 nitrogen and oxygen atoms in total. The molecule has 0 fully saturated rings. The molecule has 0 radical (unpaired) electrons. The summed E-state index contributed by atoms with van der Waals surface area (Å²) in [4.78, 5) is 0. The van der Waals surface area contributed by atoms with E-state index in [1.54, 1.807) is 0 Å². The topological polar surface area (TPSA) is 0 Å². The summed E-state index contributed by atoms with van der Waals surface area (Å²) >= 11 is 0. The number of rotatable bonds is 0. The standard InChI is InChI=1S/C10H14/c1-10-8-6-4-2-3-5-7-9-10/h2,4,6,8H,1,3,5,7,9H2/b4-2-,8-6-. The van der Waals surface area contributed by atoms with Gasteiger partial charge in [0.15, 0.2) is 0 Å². The van der Waals surface area contributed by atoms with Crippen LogP contribution in [-0.2, 0) is 0 Å². The molecule has 0 spiro atoms. The van der Waals surface area contributed by atoms with E-state index in [0.29, 0.717) is 0 Å². The molecule has 1 aliphatic carbocycles. The van der Waals surface area contributed by atoms with Crippen molar-refractivity contribution in [2.45, 2.75) is 25.7 Å². The number of allylic oxidation sites excluding steroid dienone is 5. The molecular formula is C10H14. The molecule has 1 rings (SSSR count). The molecular weight excluding hydrogens is 120 g/mol. The fraction of sp³-hybridized carbons (Fsp3) is 0.400. The molecule has 0 heteroatoms. The first-order valence-corrected chi connectivity index (χ1v) is 3.90. The molecule has 0 aliphatic heterocycles. The fourth-order valence-corrected chi connectivity index (χ4v) is 1.06. The van der Waals surface area contributed by atoms with E-state index in [0.717, 1.165) is 6.42 Å². The van der Waals surface area contributed by atoms with Crippen molar-refractivity contribution in [3.8, 4) is 0 Å². The van der Waals surface area contributed by atoms with Gasteiger partial charge in [0, 0.05) is 0 Å². The SMILES string of the molecule is C=C1/C=C\C=C/CCCC1. The van der Waals surface area contributed by atoms with Crippen molar-refractivity contribution < 1.29 is 0 Å². The summed E-state index contributed by atoms with van der Waals surface area (Å²) in [6, 6.07) is 0. The Morgan fingerprint density at radius 1 is 1.20 bits per heavy atom. The van der Waals surface area contributed by atoms with Crippen molar-refractivity contribution in [1.82, 2.24) is 0 Å². The van der Waals surface area contributed by atoms with Crippen LogP contribution in [0.5, 0.6) is 0 Å². The highest BCUT2D eigenvalue weighted by atomic mass is 14.0. The molecule has 0 aromatic carbocycles. The predicted octanol–water partition coefficient (Wildman–Crippen LogP) is 3.23. The van der Waals surface area contributed by atoms with E-state index in [9.17, 15) is 0 Å². The van der Waals surface area contributed by atoms with Gasteiger partial charge in [-0.3, -0.25) is 0 Å². The molecule has 0 aromatic heterocycles. The van der Waals surface area contributed by atoms with Gasteiger partial charge in [-0.25, -0.2) is 0 Å².